The van der Waals surface area contributed by atoms with Crippen LogP contribution in [0.5, 0.6) is 0 Å². The second kappa shape index (κ2) is 67.2. The van der Waals surface area contributed by atoms with Gasteiger partial charge in [0.15, 0.2) is 12.2 Å². The minimum Gasteiger partial charge on any atom is -0.462 e. The number of carbonyl (C=O) groups is 4. The number of hydrogen-bond donors (Lipinski definition) is 3. The first-order valence-corrected chi connectivity index (χ1v) is 43.2. The van der Waals surface area contributed by atoms with Gasteiger partial charge in [-0.2, -0.15) is 0 Å². The summed E-state index contributed by atoms with van der Waals surface area (Å²) < 4.78 is 68.6. The second-order valence-electron chi connectivity index (χ2n) is 29.8. The number of esters is 4. The summed E-state index contributed by atoms with van der Waals surface area (Å²) >= 11 is 0. The monoisotopic (exact) mass is 1420 g/mol. The molecule has 0 radical (unpaired) electrons. The lowest BCUT2D eigenvalue weighted by molar-refractivity contribution is -0.161. The summed E-state index contributed by atoms with van der Waals surface area (Å²) in [5.41, 5.74) is 0. The fourth-order valence-corrected chi connectivity index (χ4v) is 13.5. The lowest BCUT2D eigenvalue weighted by Crippen LogP contribution is -2.30. The summed E-state index contributed by atoms with van der Waals surface area (Å²) in [6.07, 6.45) is 52.7. The summed E-state index contributed by atoms with van der Waals surface area (Å²) in [5, 5.41) is 10.6. The van der Waals surface area contributed by atoms with Crippen LogP contribution in [0.1, 0.15) is 396 Å². The molecule has 0 bridgehead atoms. The van der Waals surface area contributed by atoms with Gasteiger partial charge in [-0.15, -0.1) is 0 Å². The van der Waals surface area contributed by atoms with Crippen molar-refractivity contribution in [2.24, 2.45) is 23.7 Å². The van der Waals surface area contributed by atoms with Crippen molar-refractivity contribution >= 4 is 39.5 Å². The third kappa shape index (κ3) is 70.9. The van der Waals surface area contributed by atoms with E-state index in [1.165, 1.54) is 193 Å². The maximum atomic E-state index is 13.1. The number of aliphatic hydroxyl groups is 1. The van der Waals surface area contributed by atoms with Gasteiger partial charge in [0.05, 0.1) is 26.4 Å². The van der Waals surface area contributed by atoms with E-state index in [-0.39, 0.29) is 25.7 Å². The highest BCUT2D eigenvalue weighted by Crippen LogP contribution is 2.45. The van der Waals surface area contributed by atoms with Crippen molar-refractivity contribution in [3.8, 4) is 0 Å². The summed E-state index contributed by atoms with van der Waals surface area (Å²) in [4.78, 5) is 72.9. The standard InChI is InChI=1S/C78H152O17P2/c1-9-71(8)57-49-41-36-37-43-51-59-76(81)89-65-74(95-78(83)60-52-44-34-28-22-13-11-10-12-18-24-30-38-46-54-68(2)3)67-93-97(86,87)91-63-72(79)62-90-96(84,85)92-66-73(94-77(82)61-53-45-35-29-23-17-15-20-26-32-40-48-56-70(6)7)64-88-75(80)58-50-42-33-27-21-16-14-19-25-31-39-47-55-69(4)5/h68-74,79H,9-67H2,1-8H3,(H,84,85)(H,86,87)/t71?,72-,73-,74-/m1/s1. The van der Waals surface area contributed by atoms with Gasteiger partial charge in [-0.1, -0.05) is 344 Å². The molecule has 0 fully saturated rings. The molecule has 0 saturated carbocycles. The van der Waals surface area contributed by atoms with Crippen molar-refractivity contribution in [1.29, 1.82) is 0 Å². The van der Waals surface area contributed by atoms with Gasteiger partial charge in [0, 0.05) is 25.7 Å². The van der Waals surface area contributed by atoms with E-state index in [0.717, 1.165) is 120 Å². The molecule has 3 unspecified atom stereocenters. The molecule has 17 nitrogen and oxygen atoms in total. The molecule has 19 heteroatoms. The average molecular weight is 1420 g/mol. The molecule has 3 N–H and O–H groups in total. The average Bonchev–Trinajstić information content (AvgIpc) is 1.34. The van der Waals surface area contributed by atoms with E-state index in [9.17, 15) is 43.2 Å². The van der Waals surface area contributed by atoms with Crippen molar-refractivity contribution in [2.45, 2.75) is 414 Å². The Morgan fingerprint density at radius 2 is 0.495 bits per heavy atom. The molecule has 0 aromatic rings. The van der Waals surface area contributed by atoms with Gasteiger partial charge in [0.1, 0.15) is 19.3 Å². The highest BCUT2D eigenvalue weighted by Gasteiger charge is 2.30. The number of phosphoric ester groups is 2. The number of hydrogen-bond acceptors (Lipinski definition) is 15. The Balaban J connectivity index is 5.25. The van der Waals surface area contributed by atoms with Crippen molar-refractivity contribution in [2.75, 3.05) is 39.6 Å². The Hall–Kier alpha value is -1.94. The Kier molecular flexibility index (Phi) is 65.9. The lowest BCUT2D eigenvalue weighted by Gasteiger charge is -2.21. The van der Waals surface area contributed by atoms with Crippen LogP contribution in [-0.4, -0.2) is 96.7 Å². The molecule has 0 aromatic heterocycles. The van der Waals surface area contributed by atoms with Gasteiger partial charge in [-0.05, 0) is 49.4 Å². The van der Waals surface area contributed by atoms with E-state index in [1.54, 1.807) is 0 Å². The molecule has 0 spiro atoms. The molecule has 0 heterocycles. The SMILES string of the molecule is CCC(C)CCCCCCCCC(=O)OC[C@H](COP(=O)(O)OC[C@H](O)COP(=O)(O)OC[C@@H](COC(=O)CCCCCCCCCCCCCCC(C)C)OC(=O)CCCCCCCCCCCCCCC(C)C)OC(=O)CCCCCCCCCCCCCCCCC(C)C. The number of unbranched alkanes of at least 4 members (excludes halogenated alkanes) is 40. The first-order chi connectivity index (χ1) is 46.6. The topological polar surface area (TPSA) is 237 Å². The Morgan fingerprint density at radius 1 is 0.289 bits per heavy atom. The highest BCUT2D eigenvalue weighted by molar-refractivity contribution is 7.47. The highest BCUT2D eigenvalue weighted by atomic mass is 31.2. The fourth-order valence-electron chi connectivity index (χ4n) is 11.9. The van der Waals surface area contributed by atoms with Crippen LogP contribution in [0, 0.1) is 23.7 Å². The zero-order valence-electron chi connectivity index (χ0n) is 63.7. The van der Waals surface area contributed by atoms with Crippen LogP contribution < -0.4 is 0 Å². The number of carbonyl (C=O) groups excluding carboxylic acids is 4. The minimum absolute atomic E-state index is 0.106. The molecule has 0 saturated heterocycles. The molecule has 0 aliphatic heterocycles. The summed E-state index contributed by atoms with van der Waals surface area (Å²) in [7, 11) is -9.92. The van der Waals surface area contributed by atoms with Crippen LogP contribution in [0.3, 0.4) is 0 Å². The fraction of sp³-hybridized carbons (Fsp3) is 0.949. The molecular weight excluding hydrogens is 1270 g/mol. The van der Waals surface area contributed by atoms with Gasteiger partial charge < -0.3 is 33.8 Å². The third-order valence-electron chi connectivity index (χ3n) is 18.4. The van der Waals surface area contributed by atoms with Crippen LogP contribution in [0.2, 0.25) is 0 Å². The maximum Gasteiger partial charge on any atom is 0.472 e. The zero-order chi connectivity index (χ0) is 71.7. The van der Waals surface area contributed by atoms with Gasteiger partial charge >= 0.3 is 39.5 Å². The zero-order valence-corrected chi connectivity index (χ0v) is 65.5. The van der Waals surface area contributed by atoms with Crippen LogP contribution in [0.25, 0.3) is 0 Å². The Bertz CT molecular complexity index is 1900. The molecule has 6 atom stereocenters. The predicted octanol–water partition coefficient (Wildman–Crippen LogP) is 22.8. The van der Waals surface area contributed by atoms with Gasteiger partial charge in [0.2, 0.25) is 0 Å². The molecular formula is C78H152O17P2. The maximum absolute atomic E-state index is 13.1. The van der Waals surface area contributed by atoms with Crippen LogP contribution in [-0.2, 0) is 65.4 Å². The molecule has 0 aliphatic rings. The second-order valence-corrected chi connectivity index (χ2v) is 32.7. The lowest BCUT2D eigenvalue weighted by atomic mass is 10.00. The van der Waals surface area contributed by atoms with E-state index in [4.69, 9.17) is 37.0 Å². The smallest absolute Gasteiger partial charge is 0.462 e. The number of aliphatic hydroxyl groups excluding tert-OH is 1. The third-order valence-corrected chi connectivity index (χ3v) is 20.3. The van der Waals surface area contributed by atoms with E-state index in [0.29, 0.717) is 25.7 Å². The molecule has 0 aromatic carbocycles. The van der Waals surface area contributed by atoms with Gasteiger partial charge in [0.25, 0.3) is 0 Å². The summed E-state index contributed by atoms with van der Waals surface area (Å²) in [6, 6.07) is 0. The van der Waals surface area contributed by atoms with Crippen molar-refractivity contribution in [1.82, 2.24) is 0 Å². The Labute approximate surface area is 594 Å². The minimum atomic E-state index is -4.96. The van der Waals surface area contributed by atoms with E-state index in [1.807, 2.05) is 0 Å². The molecule has 97 heavy (non-hydrogen) atoms. The number of ether oxygens (including phenoxy) is 4. The molecule has 0 rings (SSSR count). The van der Waals surface area contributed by atoms with Crippen molar-refractivity contribution in [3.05, 3.63) is 0 Å². The van der Waals surface area contributed by atoms with Gasteiger partial charge in [-0.25, -0.2) is 9.13 Å². The van der Waals surface area contributed by atoms with Crippen LogP contribution in [0.4, 0.5) is 0 Å². The predicted molar refractivity (Wildman–Crippen MR) is 395 cm³/mol. The van der Waals surface area contributed by atoms with E-state index in [2.05, 4.69) is 55.4 Å². The largest absolute Gasteiger partial charge is 0.472 e. The summed E-state index contributed by atoms with van der Waals surface area (Å²) in [6.45, 7) is 14.2. The quantitative estimate of drug-likeness (QED) is 0.0222. The molecule has 576 valence electrons. The van der Waals surface area contributed by atoms with Crippen LogP contribution >= 0.6 is 15.6 Å². The van der Waals surface area contributed by atoms with Crippen molar-refractivity contribution in [3.63, 3.8) is 0 Å². The molecule has 0 amide bonds. The normalized spacial score (nSPS) is 14.4. The summed E-state index contributed by atoms with van der Waals surface area (Å²) in [5.74, 6) is 0.966. The molecule has 0 aliphatic carbocycles. The van der Waals surface area contributed by atoms with Crippen molar-refractivity contribution < 1.29 is 80.2 Å². The Morgan fingerprint density at radius 3 is 0.732 bits per heavy atom. The van der Waals surface area contributed by atoms with E-state index >= 15 is 0 Å². The van der Waals surface area contributed by atoms with E-state index < -0.39 is 97.5 Å². The number of rotatable bonds is 75. The van der Waals surface area contributed by atoms with Crippen LogP contribution in [0.15, 0.2) is 0 Å². The first kappa shape index (κ1) is 95.1. The number of phosphoric acid groups is 2. The first-order valence-electron chi connectivity index (χ1n) is 40.2. The van der Waals surface area contributed by atoms with Gasteiger partial charge in [-0.3, -0.25) is 37.3 Å².